The second-order valence-corrected chi connectivity index (χ2v) is 6.21. The van der Waals surface area contributed by atoms with Crippen LogP contribution in [0.2, 0.25) is 0 Å². The fourth-order valence-electron chi connectivity index (χ4n) is 2.98. The zero-order valence-corrected chi connectivity index (χ0v) is 16.6. The van der Waals surface area contributed by atoms with Gasteiger partial charge in [0, 0.05) is 38.8 Å². The molecule has 166 valence electrons. The van der Waals surface area contributed by atoms with Gasteiger partial charge in [-0.15, -0.1) is 12.4 Å². The molecule has 14 heteroatoms. The highest BCUT2D eigenvalue weighted by Crippen LogP contribution is 2.36. The van der Waals surface area contributed by atoms with Crippen LogP contribution in [-0.4, -0.2) is 66.6 Å². The lowest BCUT2D eigenvalue weighted by molar-refractivity contribution is -0.384. The summed E-state index contributed by atoms with van der Waals surface area (Å²) in [6, 6.07) is 2.60. The minimum atomic E-state index is -4.63. The molecule has 3 rings (SSSR count). The number of nitro groups is 1. The Kier molecular flexibility index (Phi) is 7.67. The summed E-state index contributed by atoms with van der Waals surface area (Å²) in [5.41, 5.74) is -1.42. The number of piperazine rings is 1. The van der Waals surface area contributed by atoms with Crippen molar-refractivity contribution < 1.29 is 32.2 Å². The average Bonchev–Trinajstić information content (AvgIpc) is 3.15. The molecule has 2 aromatic rings. The van der Waals surface area contributed by atoms with Crippen molar-refractivity contribution in [1.82, 2.24) is 15.2 Å². The lowest BCUT2D eigenvalue weighted by Gasteiger charge is -2.35. The lowest BCUT2D eigenvalue weighted by atomic mass is 10.1. The van der Waals surface area contributed by atoms with E-state index in [9.17, 15) is 23.3 Å². The number of hydrogen-bond donors (Lipinski definition) is 0. The minimum Gasteiger partial charge on any atom is -0.475 e. The van der Waals surface area contributed by atoms with Crippen LogP contribution in [0.1, 0.15) is 5.56 Å². The van der Waals surface area contributed by atoms with E-state index in [-0.39, 0.29) is 29.9 Å². The van der Waals surface area contributed by atoms with Gasteiger partial charge in [-0.3, -0.25) is 15.0 Å². The number of rotatable bonds is 7. The van der Waals surface area contributed by atoms with Crippen molar-refractivity contribution in [2.45, 2.75) is 6.18 Å². The normalized spacial score (nSPS) is 14.9. The van der Waals surface area contributed by atoms with E-state index < -0.39 is 22.4 Å². The molecule has 0 N–H and O–H groups in total. The summed E-state index contributed by atoms with van der Waals surface area (Å²) >= 11 is 0. The molecule has 0 unspecified atom stereocenters. The Labute approximate surface area is 175 Å². The van der Waals surface area contributed by atoms with Crippen LogP contribution in [-0.2, 0) is 6.18 Å². The molecule has 2 heterocycles. The van der Waals surface area contributed by atoms with Gasteiger partial charge in [0.05, 0.1) is 17.6 Å². The molecular weight excluding hydrogens is 435 g/mol. The third-order valence-electron chi connectivity index (χ3n) is 4.48. The summed E-state index contributed by atoms with van der Waals surface area (Å²) in [5, 5.41) is 18.3. The van der Waals surface area contributed by atoms with Crippen molar-refractivity contribution in [1.29, 1.82) is 0 Å². The van der Waals surface area contributed by atoms with Crippen molar-refractivity contribution in [3.8, 4) is 11.8 Å². The molecule has 30 heavy (non-hydrogen) atoms. The molecule has 10 nitrogen and oxygen atoms in total. The second-order valence-electron chi connectivity index (χ2n) is 6.21. The number of ether oxygens (including phenoxy) is 2. The molecule has 1 aromatic carbocycles. The quantitative estimate of drug-likeness (QED) is 0.461. The number of benzene rings is 1. The largest absolute Gasteiger partial charge is 0.475 e. The summed E-state index contributed by atoms with van der Waals surface area (Å²) in [7, 11) is 1.41. The van der Waals surface area contributed by atoms with Gasteiger partial charge in [-0.1, -0.05) is 0 Å². The molecule has 1 fully saturated rings. The van der Waals surface area contributed by atoms with Crippen molar-refractivity contribution in [2.24, 2.45) is 0 Å². The fraction of sp³-hybridized carbons (Fsp3) is 0.500. The first-order valence-electron chi connectivity index (χ1n) is 8.62. The van der Waals surface area contributed by atoms with Gasteiger partial charge < -0.3 is 14.4 Å². The van der Waals surface area contributed by atoms with Gasteiger partial charge in [0.15, 0.2) is 0 Å². The molecule has 1 saturated heterocycles. The number of nitrogens with zero attached hydrogens (tertiary/aromatic N) is 5. The Balaban J connectivity index is 0.00000320. The summed E-state index contributed by atoms with van der Waals surface area (Å²) in [4.78, 5) is 14.3. The molecule has 0 saturated carbocycles. The molecule has 1 aliphatic rings. The number of nitro benzene ring substituents is 1. The maximum absolute atomic E-state index is 12.8. The monoisotopic (exact) mass is 453 g/mol. The molecule has 0 spiro atoms. The summed E-state index contributed by atoms with van der Waals surface area (Å²) in [6.07, 6.45) is -4.63. The van der Waals surface area contributed by atoms with Crippen LogP contribution in [0, 0.1) is 10.1 Å². The zero-order chi connectivity index (χ0) is 21.0. The maximum atomic E-state index is 12.8. The van der Waals surface area contributed by atoms with Gasteiger partial charge in [0.2, 0.25) is 0 Å². The first kappa shape index (κ1) is 23.5. The van der Waals surface area contributed by atoms with E-state index in [1.165, 1.54) is 7.11 Å². The highest BCUT2D eigenvalue weighted by atomic mass is 35.5. The van der Waals surface area contributed by atoms with E-state index in [2.05, 4.69) is 19.8 Å². The standard InChI is InChI=1S/C16H18F3N5O5.ClH/c1-27-14-15(21-29-20-14)28-9-8-22-4-6-23(7-5-22)12-3-2-11(16(17,18)19)10-13(12)24(25)26;/h2-3,10H,4-9H2,1H3;1H. The van der Waals surface area contributed by atoms with Gasteiger partial charge in [-0.05, 0) is 22.4 Å². The topological polar surface area (TPSA) is 107 Å². The number of anilines is 1. The van der Waals surface area contributed by atoms with Crippen molar-refractivity contribution in [3.63, 3.8) is 0 Å². The Morgan fingerprint density at radius 2 is 1.87 bits per heavy atom. The SMILES string of the molecule is COc1nonc1OCCN1CCN(c2ccc(C(F)(F)F)cc2[N+](=O)[O-])CC1.Cl. The number of aromatic nitrogens is 2. The summed E-state index contributed by atoms with van der Waals surface area (Å²) in [5.74, 6) is 0.288. The van der Waals surface area contributed by atoms with Crippen LogP contribution in [0.4, 0.5) is 24.5 Å². The van der Waals surface area contributed by atoms with Crippen LogP contribution < -0.4 is 14.4 Å². The fourth-order valence-corrected chi connectivity index (χ4v) is 2.98. The minimum absolute atomic E-state index is 0. The Morgan fingerprint density at radius 3 is 2.47 bits per heavy atom. The number of methoxy groups -OCH3 is 1. The first-order valence-corrected chi connectivity index (χ1v) is 8.62. The smallest absolute Gasteiger partial charge is 0.416 e. The molecule has 0 atom stereocenters. The molecule has 1 aromatic heterocycles. The van der Waals surface area contributed by atoms with Crippen LogP contribution in [0.25, 0.3) is 0 Å². The molecule has 1 aliphatic heterocycles. The van der Waals surface area contributed by atoms with E-state index in [1.807, 2.05) is 0 Å². The van der Waals surface area contributed by atoms with E-state index in [4.69, 9.17) is 9.47 Å². The average molecular weight is 454 g/mol. The Morgan fingerprint density at radius 1 is 1.20 bits per heavy atom. The number of halogens is 4. The van der Waals surface area contributed by atoms with Gasteiger partial charge in [0.25, 0.3) is 5.69 Å². The number of hydrogen-bond acceptors (Lipinski definition) is 9. The lowest BCUT2D eigenvalue weighted by Crippen LogP contribution is -2.47. The third-order valence-corrected chi connectivity index (χ3v) is 4.48. The third kappa shape index (κ3) is 5.42. The molecule has 0 aliphatic carbocycles. The highest BCUT2D eigenvalue weighted by molar-refractivity contribution is 5.85. The van der Waals surface area contributed by atoms with E-state index in [1.54, 1.807) is 4.90 Å². The van der Waals surface area contributed by atoms with E-state index in [0.29, 0.717) is 45.4 Å². The first-order chi connectivity index (χ1) is 13.8. The molecular formula is C16H19ClF3N5O5. The van der Waals surface area contributed by atoms with Gasteiger partial charge in [0.1, 0.15) is 12.3 Å². The predicted molar refractivity (Wildman–Crippen MR) is 100 cm³/mol. The Hall–Kier alpha value is -2.80. The van der Waals surface area contributed by atoms with E-state index in [0.717, 1.165) is 12.1 Å². The Bertz CT molecular complexity index is 858. The molecule has 0 amide bonds. The van der Waals surface area contributed by atoms with Gasteiger partial charge in [-0.2, -0.15) is 13.2 Å². The van der Waals surface area contributed by atoms with Crippen LogP contribution in [0.15, 0.2) is 22.8 Å². The van der Waals surface area contributed by atoms with Crippen LogP contribution in [0.5, 0.6) is 11.8 Å². The number of alkyl halides is 3. The highest BCUT2D eigenvalue weighted by Gasteiger charge is 2.34. The van der Waals surface area contributed by atoms with Gasteiger partial charge >= 0.3 is 17.9 Å². The van der Waals surface area contributed by atoms with Crippen molar-refractivity contribution in [3.05, 3.63) is 33.9 Å². The van der Waals surface area contributed by atoms with Crippen molar-refractivity contribution in [2.75, 3.05) is 51.3 Å². The molecule has 0 bridgehead atoms. The zero-order valence-electron chi connectivity index (χ0n) is 15.8. The summed E-state index contributed by atoms with van der Waals surface area (Å²) < 4.78 is 53.4. The van der Waals surface area contributed by atoms with Crippen LogP contribution in [0.3, 0.4) is 0 Å². The molecule has 0 radical (unpaired) electrons. The van der Waals surface area contributed by atoms with Crippen molar-refractivity contribution >= 4 is 23.8 Å². The van der Waals surface area contributed by atoms with Crippen LogP contribution >= 0.6 is 12.4 Å². The second kappa shape index (κ2) is 9.80. The van der Waals surface area contributed by atoms with E-state index >= 15 is 0 Å². The summed E-state index contributed by atoms with van der Waals surface area (Å²) in [6.45, 7) is 2.84. The van der Waals surface area contributed by atoms with Gasteiger partial charge in [-0.25, -0.2) is 4.63 Å². The maximum Gasteiger partial charge on any atom is 0.416 e. The predicted octanol–water partition coefficient (Wildman–Crippen LogP) is 2.63.